The molecule has 5 heteroatoms. The fraction of sp³-hybridized carbons (Fsp3) is 0.364. The molecule has 0 saturated heterocycles. The summed E-state index contributed by atoms with van der Waals surface area (Å²) in [6.45, 7) is 0. The van der Waals surface area contributed by atoms with Crippen molar-refractivity contribution in [1.82, 2.24) is 0 Å². The third kappa shape index (κ3) is 1.54. The number of ether oxygens (including phenoxy) is 1. The Morgan fingerprint density at radius 3 is 2.62 bits per heavy atom. The Hall–Kier alpha value is -1.91. The number of rotatable bonds is 4. The standard InChI is InChI=1S/C11H11NO4/c1-16-10-6-8(12(14)15)2-3-9(10)11(7-13)4-5-11/h2-3,6-7H,4-5H2,1H3. The first-order valence-electron chi connectivity index (χ1n) is 4.92. The summed E-state index contributed by atoms with van der Waals surface area (Å²) in [5, 5.41) is 10.6. The van der Waals surface area contributed by atoms with Crippen LogP contribution in [0.1, 0.15) is 18.4 Å². The molecule has 0 heterocycles. The van der Waals surface area contributed by atoms with Gasteiger partial charge in [0.2, 0.25) is 0 Å². The van der Waals surface area contributed by atoms with E-state index < -0.39 is 10.3 Å². The van der Waals surface area contributed by atoms with E-state index in [9.17, 15) is 14.9 Å². The van der Waals surface area contributed by atoms with Crippen LogP contribution in [0.4, 0.5) is 5.69 Å². The van der Waals surface area contributed by atoms with E-state index in [0.29, 0.717) is 5.75 Å². The molecule has 2 rings (SSSR count). The molecule has 0 radical (unpaired) electrons. The van der Waals surface area contributed by atoms with Gasteiger partial charge < -0.3 is 9.53 Å². The molecule has 1 fully saturated rings. The summed E-state index contributed by atoms with van der Waals surface area (Å²) in [4.78, 5) is 21.1. The second-order valence-corrected chi connectivity index (χ2v) is 3.92. The molecule has 0 aliphatic heterocycles. The molecule has 0 bridgehead atoms. The van der Waals surface area contributed by atoms with Crippen molar-refractivity contribution < 1.29 is 14.5 Å². The van der Waals surface area contributed by atoms with E-state index in [2.05, 4.69) is 0 Å². The summed E-state index contributed by atoms with van der Waals surface area (Å²) in [6, 6.07) is 4.37. The number of benzene rings is 1. The van der Waals surface area contributed by atoms with Gasteiger partial charge in [0.15, 0.2) is 0 Å². The number of nitro benzene ring substituents is 1. The topological polar surface area (TPSA) is 69.4 Å². The van der Waals surface area contributed by atoms with Crippen LogP contribution < -0.4 is 4.74 Å². The fourth-order valence-electron chi connectivity index (χ4n) is 1.79. The van der Waals surface area contributed by atoms with Crippen molar-refractivity contribution in [3.63, 3.8) is 0 Å². The monoisotopic (exact) mass is 221 g/mol. The summed E-state index contributed by atoms with van der Waals surface area (Å²) in [7, 11) is 1.45. The third-order valence-electron chi connectivity index (χ3n) is 2.95. The minimum Gasteiger partial charge on any atom is -0.496 e. The van der Waals surface area contributed by atoms with Crippen molar-refractivity contribution in [3.8, 4) is 5.75 Å². The molecule has 0 N–H and O–H groups in total. The van der Waals surface area contributed by atoms with Gasteiger partial charge in [-0.2, -0.15) is 0 Å². The Kier molecular flexibility index (Phi) is 2.38. The first kappa shape index (κ1) is 10.6. The van der Waals surface area contributed by atoms with Gasteiger partial charge in [0.25, 0.3) is 5.69 Å². The summed E-state index contributed by atoms with van der Waals surface area (Å²) in [6.07, 6.45) is 2.46. The average Bonchev–Trinajstić information content (AvgIpc) is 3.09. The fourth-order valence-corrected chi connectivity index (χ4v) is 1.79. The highest BCUT2D eigenvalue weighted by Gasteiger charge is 2.46. The van der Waals surface area contributed by atoms with Gasteiger partial charge in [-0.05, 0) is 18.9 Å². The summed E-state index contributed by atoms with van der Waals surface area (Å²) >= 11 is 0. The highest BCUT2D eigenvalue weighted by atomic mass is 16.6. The highest BCUT2D eigenvalue weighted by molar-refractivity contribution is 5.75. The second-order valence-electron chi connectivity index (χ2n) is 3.92. The average molecular weight is 221 g/mol. The maximum atomic E-state index is 11.0. The number of hydrogen-bond acceptors (Lipinski definition) is 4. The van der Waals surface area contributed by atoms with Crippen molar-refractivity contribution in [1.29, 1.82) is 0 Å². The van der Waals surface area contributed by atoms with E-state index in [1.807, 2.05) is 0 Å². The lowest BCUT2D eigenvalue weighted by Gasteiger charge is -2.12. The van der Waals surface area contributed by atoms with Gasteiger partial charge in [0, 0.05) is 11.6 Å². The van der Waals surface area contributed by atoms with Gasteiger partial charge in [0.05, 0.1) is 23.5 Å². The number of hydrogen-bond donors (Lipinski definition) is 0. The molecular weight excluding hydrogens is 210 g/mol. The zero-order valence-electron chi connectivity index (χ0n) is 8.80. The van der Waals surface area contributed by atoms with Crippen molar-refractivity contribution in [2.75, 3.05) is 7.11 Å². The number of nitrogens with zero attached hydrogens (tertiary/aromatic N) is 1. The van der Waals surface area contributed by atoms with Crippen LogP contribution in [0.5, 0.6) is 5.75 Å². The van der Waals surface area contributed by atoms with Crippen molar-refractivity contribution in [3.05, 3.63) is 33.9 Å². The van der Waals surface area contributed by atoms with E-state index in [4.69, 9.17) is 4.74 Å². The number of methoxy groups -OCH3 is 1. The van der Waals surface area contributed by atoms with Crippen LogP contribution >= 0.6 is 0 Å². The lowest BCUT2D eigenvalue weighted by molar-refractivity contribution is -0.384. The Balaban J connectivity index is 2.47. The molecule has 1 aromatic carbocycles. The zero-order chi connectivity index (χ0) is 11.8. The van der Waals surface area contributed by atoms with E-state index in [1.165, 1.54) is 19.2 Å². The molecule has 5 nitrogen and oxygen atoms in total. The van der Waals surface area contributed by atoms with Crippen LogP contribution in [-0.2, 0) is 10.2 Å². The molecule has 1 aliphatic rings. The lowest BCUT2D eigenvalue weighted by Crippen LogP contribution is -2.09. The van der Waals surface area contributed by atoms with Crippen molar-refractivity contribution in [2.24, 2.45) is 0 Å². The van der Waals surface area contributed by atoms with E-state index in [0.717, 1.165) is 24.7 Å². The number of carbonyl (C=O) groups excluding carboxylic acids is 1. The van der Waals surface area contributed by atoms with E-state index in [1.54, 1.807) is 6.07 Å². The highest BCUT2D eigenvalue weighted by Crippen LogP contribution is 2.50. The van der Waals surface area contributed by atoms with Gasteiger partial charge in [-0.15, -0.1) is 0 Å². The van der Waals surface area contributed by atoms with Gasteiger partial charge >= 0.3 is 0 Å². The molecule has 0 unspecified atom stereocenters. The SMILES string of the molecule is COc1cc([N+](=O)[O-])ccc1C1(C=O)CC1. The normalized spacial score (nSPS) is 16.6. The summed E-state index contributed by atoms with van der Waals surface area (Å²) in [5.41, 5.74) is 0.249. The first-order valence-corrected chi connectivity index (χ1v) is 4.92. The summed E-state index contributed by atoms with van der Waals surface area (Å²) < 4.78 is 5.10. The Morgan fingerprint density at radius 2 is 2.19 bits per heavy atom. The van der Waals surface area contributed by atoms with Crippen LogP contribution in [0.25, 0.3) is 0 Å². The second kappa shape index (κ2) is 3.59. The Labute approximate surface area is 92.2 Å². The molecule has 84 valence electrons. The Morgan fingerprint density at radius 1 is 1.50 bits per heavy atom. The van der Waals surface area contributed by atoms with E-state index in [-0.39, 0.29) is 5.69 Å². The van der Waals surface area contributed by atoms with Crippen LogP contribution in [-0.4, -0.2) is 18.3 Å². The van der Waals surface area contributed by atoms with Crippen LogP contribution in [0.3, 0.4) is 0 Å². The Bertz CT molecular complexity index is 451. The maximum absolute atomic E-state index is 11.0. The third-order valence-corrected chi connectivity index (χ3v) is 2.95. The number of carbonyl (C=O) groups is 1. The van der Waals surface area contributed by atoms with Crippen molar-refractivity contribution in [2.45, 2.75) is 18.3 Å². The van der Waals surface area contributed by atoms with Gasteiger partial charge in [-0.3, -0.25) is 10.1 Å². The quantitative estimate of drug-likeness (QED) is 0.442. The number of aldehydes is 1. The number of non-ortho nitro benzene ring substituents is 1. The molecule has 16 heavy (non-hydrogen) atoms. The molecule has 0 atom stereocenters. The molecule has 0 amide bonds. The van der Waals surface area contributed by atoms with E-state index >= 15 is 0 Å². The van der Waals surface area contributed by atoms with Crippen molar-refractivity contribution >= 4 is 12.0 Å². The van der Waals surface area contributed by atoms with Crippen LogP contribution in [0.2, 0.25) is 0 Å². The lowest BCUT2D eigenvalue weighted by atomic mass is 9.96. The van der Waals surface area contributed by atoms with Crippen LogP contribution in [0, 0.1) is 10.1 Å². The van der Waals surface area contributed by atoms with Gasteiger partial charge in [-0.25, -0.2) is 0 Å². The van der Waals surface area contributed by atoms with Gasteiger partial charge in [-0.1, -0.05) is 0 Å². The molecule has 0 aromatic heterocycles. The molecular formula is C11H11NO4. The molecule has 0 spiro atoms. The largest absolute Gasteiger partial charge is 0.496 e. The molecule has 1 aliphatic carbocycles. The predicted molar refractivity (Wildman–Crippen MR) is 56.6 cm³/mol. The maximum Gasteiger partial charge on any atom is 0.273 e. The smallest absolute Gasteiger partial charge is 0.273 e. The summed E-state index contributed by atoms with van der Waals surface area (Å²) in [5.74, 6) is 0.416. The first-order chi connectivity index (χ1) is 7.63. The minimum absolute atomic E-state index is 0.0256. The number of nitro groups is 1. The van der Waals surface area contributed by atoms with Gasteiger partial charge in [0.1, 0.15) is 12.0 Å². The predicted octanol–water partition coefficient (Wildman–Crippen LogP) is 1.83. The molecule has 1 aromatic rings. The van der Waals surface area contributed by atoms with Crippen LogP contribution in [0.15, 0.2) is 18.2 Å². The zero-order valence-corrected chi connectivity index (χ0v) is 8.80. The minimum atomic E-state index is -0.479. The molecule has 1 saturated carbocycles.